The van der Waals surface area contributed by atoms with E-state index in [4.69, 9.17) is 13.9 Å². The molecular weight excluding hydrogens is 650 g/mol. The molecule has 0 spiro atoms. The summed E-state index contributed by atoms with van der Waals surface area (Å²) in [5.41, 5.74) is 0.849. The van der Waals surface area contributed by atoms with E-state index in [0.29, 0.717) is 5.69 Å². The molecule has 2 amide bonds. The van der Waals surface area contributed by atoms with E-state index in [-0.39, 0.29) is 67.8 Å². The highest BCUT2D eigenvalue weighted by atomic mass is 79.9. The lowest BCUT2D eigenvalue weighted by Crippen LogP contribution is -2.37. The van der Waals surface area contributed by atoms with E-state index in [1.807, 2.05) is 0 Å². The number of carbonyl (C=O) groups is 5. The van der Waals surface area contributed by atoms with Crippen molar-refractivity contribution in [3.05, 3.63) is 83.8 Å². The Labute approximate surface area is 245 Å². The fourth-order valence-corrected chi connectivity index (χ4v) is 7.78. The number of amides is 2. The van der Waals surface area contributed by atoms with E-state index in [9.17, 15) is 24.0 Å². The first-order valence-electron chi connectivity index (χ1n) is 12.6. The fourth-order valence-electron chi connectivity index (χ4n) is 5.91. The van der Waals surface area contributed by atoms with Crippen molar-refractivity contribution >= 4 is 67.1 Å². The standard InChI is InChI=1S/C29H21Br2NO8/c30-24-18-12-19(25(24)31)23-22(18)26(34)32(27(23)35)16-7-3-15(4-8-16)28(36)39-13-20(33)14-5-9-17(10-6-14)40-29(37)21-2-1-11-38-21/h1-11,18-19,22-25H,12-13H2. The average molecular weight is 671 g/mol. The number of hydrogen-bond donors (Lipinski definition) is 0. The molecular formula is C29H21Br2NO8. The van der Waals surface area contributed by atoms with Crippen molar-refractivity contribution in [3.8, 4) is 5.75 Å². The summed E-state index contributed by atoms with van der Waals surface area (Å²) < 4.78 is 15.3. The highest BCUT2D eigenvalue weighted by Crippen LogP contribution is 2.60. The summed E-state index contributed by atoms with van der Waals surface area (Å²) in [6.07, 6.45) is 2.20. The number of carbonyl (C=O) groups excluding carboxylic acids is 5. The lowest BCUT2D eigenvalue weighted by atomic mass is 9.81. The van der Waals surface area contributed by atoms with Crippen molar-refractivity contribution in [1.82, 2.24) is 0 Å². The normalized spacial score (nSPS) is 26.6. The quantitative estimate of drug-likeness (QED) is 0.115. The van der Waals surface area contributed by atoms with Crippen LogP contribution in [0, 0.1) is 23.7 Å². The topological polar surface area (TPSA) is 120 Å². The van der Waals surface area contributed by atoms with Crippen LogP contribution in [0.1, 0.15) is 37.7 Å². The maximum atomic E-state index is 13.2. The molecule has 2 bridgehead atoms. The number of imide groups is 1. The minimum atomic E-state index is -0.720. The Morgan fingerprint density at radius 3 is 2.00 bits per heavy atom. The van der Waals surface area contributed by atoms with Gasteiger partial charge in [0.15, 0.2) is 12.4 Å². The number of esters is 2. The molecule has 0 N–H and O–H groups in total. The minimum Gasteiger partial charge on any atom is -0.457 e. The Bertz CT molecular complexity index is 1470. The number of rotatable bonds is 7. The van der Waals surface area contributed by atoms with Gasteiger partial charge < -0.3 is 13.9 Å². The van der Waals surface area contributed by atoms with Crippen LogP contribution in [-0.2, 0) is 14.3 Å². The number of anilines is 1. The molecule has 11 heteroatoms. The van der Waals surface area contributed by atoms with Gasteiger partial charge in [-0.25, -0.2) is 9.59 Å². The van der Waals surface area contributed by atoms with Gasteiger partial charge in [-0.05, 0) is 78.9 Å². The zero-order chi connectivity index (χ0) is 28.1. The molecule has 40 heavy (non-hydrogen) atoms. The molecule has 3 aliphatic rings. The van der Waals surface area contributed by atoms with Crippen molar-refractivity contribution in [2.24, 2.45) is 23.7 Å². The number of furan rings is 1. The van der Waals surface area contributed by atoms with Gasteiger partial charge in [0.05, 0.1) is 29.3 Å². The van der Waals surface area contributed by atoms with E-state index in [2.05, 4.69) is 31.9 Å². The molecule has 6 rings (SSSR count). The molecule has 6 atom stereocenters. The van der Waals surface area contributed by atoms with E-state index in [1.165, 1.54) is 65.8 Å². The van der Waals surface area contributed by atoms with Gasteiger partial charge in [0.2, 0.25) is 17.6 Å². The summed E-state index contributed by atoms with van der Waals surface area (Å²) in [5, 5.41) is 0. The summed E-state index contributed by atoms with van der Waals surface area (Å²) in [6.45, 7) is -0.497. The summed E-state index contributed by atoms with van der Waals surface area (Å²) >= 11 is 7.36. The first-order valence-corrected chi connectivity index (χ1v) is 14.4. The summed E-state index contributed by atoms with van der Waals surface area (Å²) in [5.74, 6) is -2.40. The average Bonchev–Trinajstić information content (AvgIpc) is 3.73. The van der Waals surface area contributed by atoms with Crippen molar-refractivity contribution in [3.63, 3.8) is 0 Å². The van der Waals surface area contributed by atoms with Gasteiger partial charge in [0.1, 0.15) is 5.75 Å². The second-order valence-corrected chi connectivity index (χ2v) is 12.1. The van der Waals surface area contributed by atoms with Gasteiger partial charge in [-0.2, -0.15) is 0 Å². The van der Waals surface area contributed by atoms with Crippen LogP contribution in [0.25, 0.3) is 0 Å². The lowest BCUT2D eigenvalue weighted by molar-refractivity contribution is -0.123. The number of nitrogens with zero attached hydrogens (tertiary/aromatic N) is 1. The molecule has 3 fully saturated rings. The molecule has 2 aliphatic carbocycles. The van der Waals surface area contributed by atoms with Gasteiger partial charge in [-0.1, -0.05) is 31.9 Å². The van der Waals surface area contributed by atoms with Crippen LogP contribution in [0.2, 0.25) is 0 Å². The smallest absolute Gasteiger partial charge is 0.379 e. The third-order valence-electron chi connectivity index (χ3n) is 7.79. The van der Waals surface area contributed by atoms with Crippen LogP contribution in [0.15, 0.2) is 71.3 Å². The van der Waals surface area contributed by atoms with Gasteiger partial charge in [-0.3, -0.25) is 19.3 Å². The van der Waals surface area contributed by atoms with E-state index in [0.717, 1.165) is 6.42 Å². The number of Topliss-reactive ketones (excluding diaryl/α,β-unsaturated/α-hetero) is 1. The van der Waals surface area contributed by atoms with Crippen molar-refractivity contribution < 1.29 is 37.9 Å². The van der Waals surface area contributed by atoms with Crippen molar-refractivity contribution in [2.75, 3.05) is 11.5 Å². The van der Waals surface area contributed by atoms with Crippen molar-refractivity contribution in [2.45, 2.75) is 16.1 Å². The van der Waals surface area contributed by atoms with Gasteiger partial charge in [0.25, 0.3) is 0 Å². The summed E-state index contributed by atoms with van der Waals surface area (Å²) in [6, 6.07) is 14.9. The molecule has 2 aromatic carbocycles. The van der Waals surface area contributed by atoms with E-state index in [1.54, 1.807) is 6.07 Å². The largest absolute Gasteiger partial charge is 0.457 e. The number of benzene rings is 2. The number of fused-ring (bicyclic) bond motifs is 5. The van der Waals surface area contributed by atoms with Crippen LogP contribution < -0.4 is 9.64 Å². The fraction of sp³-hybridized carbons (Fsp3) is 0.276. The SMILES string of the molecule is O=C(COC(=O)c1ccc(N2C(=O)C3C4CC(C(Br)C4Br)C3C2=O)cc1)c1ccc(OC(=O)c2ccco2)cc1. The highest BCUT2D eigenvalue weighted by Gasteiger charge is 2.66. The molecule has 2 heterocycles. The predicted octanol–water partition coefficient (Wildman–Crippen LogP) is 4.82. The molecule has 204 valence electrons. The Hall–Kier alpha value is -3.57. The first kappa shape index (κ1) is 26.6. The number of hydrogen-bond acceptors (Lipinski definition) is 8. The van der Waals surface area contributed by atoms with Gasteiger partial charge in [-0.15, -0.1) is 0 Å². The zero-order valence-corrected chi connectivity index (χ0v) is 23.9. The van der Waals surface area contributed by atoms with Crippen molar-refractivity contribution in [1.29, 1.82) is 0 Å². The second kappa shape index (κ2) is 10.4. The van der Waals surface area contributed by atoms with E-state index >= 15 is 0 Å². The Balaban J connectivity index is 1.05. The highest BCUT2D eigenvalue weighted by molar-refractivity contribution is 9.12. The third kappa shape index (κ3) is 4.50. The molecule has 1 aliphatic heterocycles. The number of alkyl halides is 2. The first-order chi connectivity index (χ1) is 19.2. The molecule has 0 radical (unpaired) electrons. The Kier molecular flexibility index (Phi) is 6.95. The summed E-state index contributed by atoms with van der Waals surface area (Å²) in [4.78, 5) is 65.0. The molecule has 2 saturated carbocycles. The Morgan fingerprint density at radius 2 is 1.43 bits per heavy atom. The maximum Gasteiger partial charge on any atom is 0.379 e. The third-order valence-corrected chi connectivity index (χ3v) is 11.0. The molecule has 6 unspecified atom stereocenters. The van der Waals surface area contributed by atoms with Gasteiger partial charge >= 0.3 is 11.9 Å². The number of ether oxygens (including phenoxy) is 2. The lowest BCUT2D eigenvalue weighted by Gasteiger charge is -2.28. The van der Waals surface area contributed by atoms with Crippen LogP contribution in [0.3, 0.4) is 0 Å². The summed E-state index contributed by atoms with van der Waals surface area (Å²) in [7, 11) is 0. The van der Waals surface area contributed by atoms with Crippen LogP contribution in [0.4, 0.5) is 5.69 Å². The number of halogens is 2. The predicted molar refractivity (Wildman–Crippen MR) is 148 cm³/mol. The molecule has 9 nitrogen and oxygen atoms in total. The van der Waals surface area contributed by atoms with Crippen LogP contribution in [0.5, 0.6) is 5.75 Å². The molecule has 1 aromatic heterocycles. The van der Waals surface area contributed by atoms with Gasteiger partial charge in [0, 0.05) is 15.2 Å². The molecule has 3 aromatic rings. The monoisotopic (exact) mass is 669 g/mol. The number of ketones is 1. The van der Waals surface area contributed by atoms with Crippen LogP contribution >= 0.6 is 31.9 Å². The van der Waals surface area contributed by atoms with E-state index < -0.39 is 24.3 Å². The van der Waals surface area contributed by atoms with Crippen LogP contribution in [-0.4, -0.2) is 45.8 Å². The molecule has 1 saturated heterocycles. The Morgan fingerprint density at radius 1 is 0.825 bits per heavy atom. The second-order valence-electron chi connectivity index (χ2n) is 9.95. The minimum absolute atomic E-state index is 0.0498. The maximum absolute atomic E-state index is 13.2. The zero-order valence-electron chi connectivity index (χ0n) is 20.7.